The fourth-order valence-electron chi connectivity index (χ4n) is 4.38. The first-order valence-electron chi connectivity index (χ1n) is 11.5. The highest BCUT2D eigenvalue weighted by Gasteiger charge is 2.27. The molecule has 3 amide bonds. The molecule has 2 heterocycles. The maximum atomic E-state index is 12.5. The fourth-order valence-corrected chi connectivity index (χ4v) is 4.38. The smallest absolute Gasteiger partial charge is 0.407 e. The zero-order valence-electron chi connectivity index (χ0n) is 19.1. The summed E-state index contributed by atoms with van der Waals surface area (Å²) < 4.78 is 1.58. The highest BCUT2D eigenvalue weighted by atomic mass is 16.5. The summed E-state index contributed by atoms with van der Waals surface area (Å²) in [5.74, 6) is -0.916. The van der Waals surface area contributed by atoms with E-state index in [1.807, 2.05) is 36.4 Å². The number of rotatable bonds is 8. The topological polar surface area (TPSA) is 150 Å². The first-order chi connectivity index (χ1) is 16.9. The minimum Gasteiger partial charge on any atom is -0.465 e. The lowest BCUT2D eigenvalue weighted by atomic mass is 9.96. The van der Waals surface area contributed by atoms with Crippen molar-refractivity contribution in [3.05, 3.63) is 59.9 Å². The zero-order chi connectivity index (χ0) is 24.8. The third-order valence-electron chi connectivity index (χ3n) is 6.34. The summed E-state index contributed by atoms with van der Waals surface area (Å²) >= 11 is 0. The number of piperidine rings is 1. The number of nitrogens with zero attached hydrogens (tertiary/aromatic N) is 4. The van der Waals surface area contributed by atoms with E-state index in [4.69, 9.17) is 10.3 Å². The van der Waals surface area contributed by atoms with Crippen LogP contribution in [0, 0.1) is 5.92 Å². The largest absolute Gasteiger partial charge is 0.465 e. The number of carbonyl (C=O) groups is 3. The Balaban J connectivity index is 1.39. The maximum Gasteiger partial charge on any atom is 0.407 e. The molecule has 0 radical (unpaired) electrons. The van der Waals surface area contributed by atoms with E-state index < -0.39 is 12.0 Å². The second-order valence-corrected chi connectivity index (χ2v) is 8.73. The number of carbonyl (C=O) groups excluding carboxylic acids is 2. The minimum absolute atomic E-state index is 0.000632. The number of hydroxylamine groups is 1. The summed E-state index contributed by atoms with van der Waals surface area (Å²) in [6.07, 6.45) is 2.18. The third-order valence-corrected chi connectivity index (χ3v) is 6.34. The second-order valence-electron chi connectivity index (χ2n) is 8.73. The van der Waals surface area contributed by atoms with Gasteiger partial charge in [-0.1, -0.05) is 47.7 Å². The molecule has 1 fully saturated rings. The molecule has 4 rings (SSSR count). The number of fused-ring (bicyclic) bond motifs is 1. The quantitative estimate of drug-likeness (QED) is 0.285. The molecule has 1 unspecified atom stereocenters. The number of hydrogen-bond donors (Lipinski definition) is 4. The molecule has 1 aromatic heterocycles. The molecule has 11 heteroatoms. The van der Waals surface area contributed by atoms with Gasteiger partial charge in [0.15, 0.2) is 0 Å². The molecule has 0 spiro atoms. The number of likely N-dealkylation sites (tertiary alicyclic amines) is 1. The van der Waals surface area contributed by atoms with Crippen LogP contribution in [-0.4, -0.2) is 61.2 Å². The Morgan fingerprint density at radius 1 is 1.09 bits per heavy atom. The summed E-state index contributed by atoms with van der Waals surface area (Å²) in [6.45, 7) is 0.854. The molecular weight excluding hydrogens is 452 g/mol. The third kappa shape index (κ3) is 6.12. The zero-order valence-corrected chi connectivity index (χ0v) is 19.1. The van der Waals surface area contributed by atoms with Crippen molar-refractivity contribution in [1.29, 1.82) is 0 Å². The van der Waals surface area contributed by atoms with Gasteiger partial charge in [0, 0.05) is 19.0 Å². The predicted octanol–water partition coefficient (Wildman–Crippen LogP) is 2.12. The van der Waals surface area contributed by atoms with Gasteiger partial charge in [0.1, 0.15) is 5.69 Å². The van der Waals surface area contributed by atoms with Gasteiger partial charge in [-0.3, -0.25) is 14.8 Å². The van der Waals surface area contributed by atoms with Gasteiger partial charge in [-0.15, -0.1) is 5.10 Å². The van der Waals surface area contributed by atoms with Crippen LogP contribution in [0.4, 0.5) is 4.79 Å². The van der Waals surface area contributed by atoms with Gasteiger partial charge in [0.25, 0.3) is 0 Å². The van der Waals surface area contributed by atoms with Crippen molar-refractivity contribution in [3.8, 4) is 0 Å². The molecule has 1 saturated heterocycles. The van der Waals surface area contributed by atoms with Gasteiger partial charge < -0.3 is 15.3 Å². The van der Waals surface area contributed by atoms with Crippen molar-refractivity contribution in [1.82, 2.24) is 30.7 Å². The fraction of sp³-hybridized carbons (Fsp3) is 0.375. The van der Waals surface area contributed by atoms with Gasteiger partial charge >= 0.3 is 6.09 Å². The average molecular weight is 481 g/mol. The van der Waals surface area contributed by atoms with Gasteiger partial charge in [-0.2, -0.15) is 0 Å². The lowest BCUT2D eigenvalue weighted by molar-refractivity contribution is -0.130. The van der Waals surface area contributed by atoms with E-state index >= 15 is 0 Å². The second kappa shape index (κ2) is 11.0. The Kier molecular flexibility index (Phi) is 7.56. The molecule has 35 heavy (non-hydrogen) atoms. The lowest BCUT2D eigenvalue weighted by Gasteiger charge is -2.29. The van der Waals surface area contributed by atoms with Crippen LogP contribution in [0.3, 0.4) is 0 Å². The monoisotopic (exact) mass is 480 g/mol. The van der Waals surface area contributed by atoms with Gasteiger partial charge in [-0.05, 0) is 35.6 Å². The van der Waals surface area contributed by atoms with Crippen LogP contribution in [0.15, 0.2) is 48.7 Å². The Morgan fingerprint density at radius 3 is 2.54 bits per heavy atom. The molecule has 0 aliphatic carbocycles. The Bertz CT molecular complexity index is 1200. The molecule has 1 aliphatic heterocycles. The highest BCUT2D eigenvalue weighted by Crippen LogP contribution is 2.22. The van der Waals surface area contributed by atoms with E-state index in [2.05, 4.69) is 21.7 Å². The van der Waals surface area contributed by atoms with Crippen molar-refractivity contribution in [2.24, 2.45) is 5.92 Å². The first-order valence-corrected chi connectivity index (χ1v) is 11.5. The van der Waals surface area contributed by atoms with Crippen molar-refractivity contribution >= 4 is 28.7 Å². The summed E-state index contributed by atoms with van der Waals surface area (Å²) in [5, 5.41) is 31.4. The van der Waals surface area contributed by atoms with E-state index in [-0.39, 0.29) is 30.8 Å². The van der Waals surface area contributed by atoms with Crippen LogP contribution >= 0.6 is 0 Å². The highest BCUT2D eigenvalue weighted by molar-refractivity contribution is 5.83. The summed E-state index contributed by atoms with van der Waals surface area (Å²) in [4.78, 5) is 36.8. The van der Waals surface area contributed by atoms with Crippen LogP contribution in [0.5, 0.6) is 0 Å². The van der Waals surface area contributed by atoms with Gasteiger partial charge in [0.05, 0.1) is 25.2 Å². The standard InChI is InChI=1S/C24H28N6O5/c31-22(27-35)13-21(12-16-5-6-17-3-1-2-4-19(17)11-16)30-15-20(26-28-30)14-25-23(32)18-7-9-29(10-8-18)24(33)34/h1-6,11,15,18,21,35H,7-10,12-14H2,(H,25,32)(H,27,31)(H,33,34). The van der Waals surface area contributed by atoms with E-state index in [1.54, 1.807) is 16.4 Å². The van der Waals surface area contributed by atoms with Gasteiger partial charge in [-0.25, -0.2) is 15.0 Å². The Morgan fingerprint density at radius 2 is 1.83 bits per heavy atom. The van der Waals surface area contributed by atoms with Crippen LogP contribution in [0.25, 0.3) is 10.8 Å². The van der Waals surface area contributed by atoms with E-state index in [0.29, 0.717) is 38.0 Å². The maximum absolute atomic E-state index is 12.5. The number of hydrogen-bond acceptors (Lipinski definition) is 6. The molecular formula is C24H28N6O5. The van der Waals surface area contributed by atoms with Crippen LogP contribution in [-0.2, 0) is 22.6 Å². The Hall–Kier alpha value is -3.99. The molecule has 184 valence electrons. The van der Waals surface area contributed by atoms with Crippen molar-refractivity contribution < 1.29 is 24.7 Å². The summed E-state index contributed by atoms with van der Waals surface area (Å²) in [6, 6.07) is 13.7. The summed E-state index contributed by atoms with van der Waals surface area (Å²) in [7, 11) is 0. The predicted molar refractivity (Wildman–Crippen MR) is 125 cm³/mol. The van der Waals surface area contributed by atoms with Crippen LogP contribution in [0.2, 0.25) is 0 Å². The molecule has 4 N–H and O–H groups in total. The number of carboxylic acid groups (broad SMARTS) is 1. The number of nitrogens with one attached hydrogen (secondary N) is 2. The van der Waals surface area contributed by atoms with Crippen molar-refractivity contribution in [2.75, 3.05) is 13.1 Å². The molecule has 1 atom stereocenters. The number of aromatic nitrogens is 3. The SMILES string of the molecule is O=C(CC(Cc1ccc2ccccc2c1)n1cc(CNC(=O)C2CCN(C(=O)O)CC2)nn1)NO. The van der Waals surface area contributed by atoms with E-state index in [1.165, 1.54) is 4.90 Å². The van der Waals surface area contributed by atoms with Gasteiger partial charge in [0.2, 0.25) is 11.8 Å². The van der Waals surface area contributed by atoms with Crippen LogP contribution < -0.4 is 10.8 Å². The van der Waals surface area contributed by atoms with Crippen LogP contribution in [0.1, 0.15) is 36.6 Å². The number of benzene rings is 2. The lowest BCUT2D eigenvalue weighted by Crippen LogP contribution is -2.42. The normalized spacial score (nSPS) is 15.1. The molecule has 2 aromatic carbocycles. The molecule has 3 aromatic rings. The van der Waals surface area contributed by atoms with E-state index in [9.17, 15) is 14.4 Å². The molecule has 0 saturated carbocycles. The van der Waals surface area contributed by atoms with Crippen molar-refractivity contribution in [3.63, 3.8) is 0 Å². The first kappa shape index (κ1) is 24.1. The number of amides is 3. The summed E-state index contributed by atoms with van der Waals surface area (Å²) in [5.41, 5.74) is 3.22. The van der Waals surface area contributed by atoms with E-state index in [0.717, 1.165) is 16.3 Å². The Labute approximate surface area is 201 Å². The molecule has 0 bridgehead atoms. The average Bonchev–Trinajstić information content (AvgIpc) is 3.36. The molecule has 11 nitrogen and oxygen atoms in total. The van der Waals surface area contributed by atoms with Crippen molar-refractivity contribution in [2.45, 2.75) is 38.3 Å². The minimum atomic E-state index is -0.964. The molecule has 1 aliphatic rings.